The molecule has 0 amide bonds. The van der Waals surface area contributed by atoms with Gasteiger partial charge in [0.15, 0.2) is 0 Å². The third-order valence-electron chi connectivity index (χ3n) is 3.98. The third kappa shape index (κ3) is 2.34. The molecule has 1 heterocycles. The predicted octanol–water partition coefficient (Wildman–Crippen LogP) is 1.81. The molecule has 96 valence electrons. The zero-order valence-electron chi connectivity index (χ0n) is 10.8. The molecule has 0 radical (unpaired) electrons. The van der Waals surface area contributed by atoms with Crippen molar-refractivity contribution in [3.8, 4) is 0 Å². The number of aryl methyl sites for hydroxylation is 2. The highest BCUT2D eigenvalue weighted by Crippen LogP contribution is 2.49. The molecule has 5 heteroatoms. The van der Waals surface area contributed by atoms with Crippen LogP contribution in [0.2, 0.25) is 5.02 Å². The Morgan fingerprint density at radius 2 is 2.24 bits per heavy atom. The van der Waals surface area contributed by atoms with E-state index in [9.17, 15) is 0 Å². The molecule has 0 spiro atoms. The fourth-order valence-electron chi connectivity index (χ4n) is 2.29. The monoisotopic (exact) mass is 256 g/mol. The minimum atomic E-state index is 0.278. The van der Waals surface area contributed by atoms with E-state index < -0.39 is 0 Å². The largest absolute Gasteiger partial charge is 0.271 e. The van der Waals surface area contributed by atoms with Crippen molar-refractivity contribution in [1.82, 2.24) is 15.2 Å². The highest BCUT2D eigenvalue weighted by Gasteiger charge is 2.44. The van der Waals surface area contributed by atoms with Crippen LogP contribution in [0, 0.1) is 5.41 Å². The summed E-state index contributed by atoms with van der Waals surface area (Å²) >= 11 is 6.35. The molecule has 1 aliphatic rings. The predicted molar refractivity (Wildman–Crippen MR) is 69.8 cm³/mol. The quantitative estimate of drug-likeness (QED) is 0.624. The average molecular weight is 257 g/mol. The van der Waals surface area contributed by atoms with E-state index in [0.717, 1.165) is 29.3 Å². The number of nitrogens with two attached hydrogens (primary N) is 1. The Morgan fingerprint density at radius 1 is 1.59 bits per heavy atom. The number of aromatic nitrogens is 2. The lowest BCUT2D eigenvalue weighted by atomic mass is 9.95. The van der Waals surface area contributed by atoms with Crippen molar-refractivity contribution >= 4 is 11.6 Å². The van der Waals surface area contributed by atoms with Crippen LogP contribution in [0.25, 0.3) is 0 Å². The van der Waals surface area contributed by atoms with Crippen LogP contribution in [0.15, 0.2) is 0 Å². The highest BCUT2D eigenvalue weighted by molar-refractivity contribution is 6.31. The molecule has 1 atom stereocenters. The van der Waals surface area contributed by atoms with Crippen LogP contribution in [0.1, 0.15) is 38.1 Å². The number of nitrogens with one attached hydrogen (secondary N) is 1. The smallest absolute Gasteiger partial charge is 0.0850 e. The van der Waals surface area contributed by atoms with Gasteiger partial charge in [-0.1, -0.05) is 25.4 Å². The highest BCUT2D eigenvalue weighted by atomic mass is 35.5. The molecular formula is C12H21ClN4. The number of nitrogens with zero attached hydrogens (tertiary/aromatic N) is 2. The van der Waals surface area contributed by atoms with Crippen molar-refractivity contribution in [1.29, 1.82) is 0 Å². The van der Waals surface area contributed by atoms with Gasteiger partial charge in [0.25, 0.3) is 0 Å². The number of hydrogen-bond acceptors (Lipinski definition) is 3. The lowest BCUT2D eigenvalue weighted by molar-refractivity contribution is 0.353. The molecule has 2 rings (SSSR count). The summed E-state index contributed by atoms with van der Waals surface area (Å²) in [5.41, 5.74) is 5.32. The first-order chi connectivity index (χ1) is 8.01. The van der Waals surface area contributed by atoms with Crippen LogP contribution in [0.4, 0.5) is 0 Å². The van der Waals surface area contributed by atoms with Gasteiger partial charge < -0.3 is 0 Å². The van der Waals surface area contributed by atoms with Gasteiger partial charge in [0, 0.05) is 19.5 Å². The molecule has 1 unspecified atom stereocenters. The summed E-state index contributed by atoms with van der Waals surface area (Å²) in [7, 11) is 1.95. The minimum Gasteiger partial charge on any atom is -0.271 e. The van der Waals surface area contributed by atoms with Crippen molar-refractivity contribution in [3.05, 3.63) is 16.4 Å². The zero-order chi connectivity index (χ0) is 12.6. The van der Waals surface area contributed by atoms with Crippen LogP contribution in [0.3, 0.4) is 0 Å². The fraction of sp³-hybridized carbons (Fsp3) is 0.750. The van der Waals surface area contributed by atoms with E-state index in [1.54, 1.807) is 0 Å². The van der Waals surface area contributed by atoms with Gasteiger partial charge in [-0.25, -0.2) is 0 Å². The maximum Gasteiger partial charge on any atom is 0.0850 e. The molecule has 3 N–H and O–H groups in total. The number of hydrogen-bond donors (Lipinski definition) is 2. The van der Waals surface area contributed by atoms with Crippen molar-refractivity contribution in [2.75, 3.05) is 0 Å². The minimum absolute atomic E-state index is 0.278. The van der Waals surface area contributed by atoms with E-state index in [-0.39, 0.29) is 6.04 Å². The van der Waals surface area contributed by atoms with E-state index in [1.165, 1.54) is 12.8 Å². The topological polar surface area (TPSA) is 55.9 Å². The van der Waals surface area contributed by atoms with Crippen LogP contribution in [-0.4, -0.2) is 15.8 Å². The molecular weight excluding hydrogens is 236 g/mol. The fourth-order valence-corrected chi connectivity index (χ4v) is 2.66. The van der Waals surface area contributed by atoms with E-state index in [2.05, 4.69) is 24.4 Å². The Balaban J connectivity index is 2.20. The van der Waals surface area contributed by atoms with Gasteiger partial charge in [-0.15, -0.1) is 0 Å². The van der Waals surface area contributed by atoms with Gasteiger partial charge >= 0.3 is 0 Å². The number of halogens is 1. The SMILES string of the molecule is CCc1nn(C)c(CC(NN)C2(C)CC2)c1Cl. The molecule has 1 saturated carbocycles. The first kappa shape index (κ1) is 12.9. The summed E-state index contributed by atoms with van der Waals surface area (Å²) in [5, 5.41) is 5.24. The first-order valence-corrected chi connectivity index (χ1v) is 6.56. The van der Waals surface area contributed by atoms with E-state index in [0.29, 0.717) is 5.41 Å². The molecule has 0 aliphatic heterocycles. The summed E-state index contributed by atoms with van der Waals surface area (Å²) in [5.74, 6) is 5.66. The summed E-state index contributed by atoms with van der Waals surface area (Å²) < 4.78 is 1.89. The van der Waals surface area contributed by atoms with Gasteiger partial charge in [0.2, 0.25) is 0 Å². The van der Waals surface area contributed by atoms with Crippen LogP contribution in [-0.2, 0) is 19.9 Å². The molecule has 4 nitrogen and oxygen atoms in total. The molecule has 17 heavy (non-hydrogen) atoms. The molecule has 1 aromatic heterocycles. The van der Waals surface area contributed by atoms with Gasteiger partial charge in [-0.05, 0) is 24.7 Å². The molecule has 0 saturated heterocycles. The Morgan fingerprint density at radius 3 is 2.65 bits per heavy atom. The first-order valence-electron chi connectivity index (χ1n) is 6.18. The lowest BCUT2D eigenvalue weighted by Gasteiger charge is -2.22. The van der Waals surface area contributed by atoms with Crippen LogP contribution < -0.4 is 11.3 Å². The van der Waals surface area contributed by atoms with Gasteiger partial charge in [-0.2, -0.15) is 5.10 Å². The van der Waals surface area contributed by atoms with Crippen molar-refractivity contribution in [3.63, 3.8) is 0 Å². The Kier molecular flexibility index (Phi) is 3.48. The van der Waals surface area contributed by atoms with Crippen LogP contribution >= 0.6 is 11.6 Å². The lowest BCUT2D eigenvalue weighted by Crippen LogP contribution is -2.43. The molecule has 1 aliphatic carbocycles. The van der Waals surface area contributed by atoms with E-state index in [1.807, 2.05) is 11.7 Å². The maximum atomic E-state index is 6.35. The number of hydrazine groups is 1. The molecule has 0 bridgehead atoms. The van der Waals surface area contributed by atoms with E-state index in [4.69, 9.17) is 17.4 Å². The van der Waals surface area contributed by atoms with Crippen molar-refractivity contribution in [2.24, 2.45) is 18.3 Å². The second-order valence-electron chi connectivity index (χ2n) is 5.26. The Labute approximate surface area is 107 Å². The Hall–Kier alpha value is -0.580. The summed E-state index contributed by atoms with van der Waals surface area (Å²) in [6.45, 7) is 4.33. The average Bonchev–Trinajstić information content (AvgIpc) is 2.98. The zero-order valence-corrected chi connectivity index (χ0v) is 11.5. The molecule has 1 fully saturated rings. The summed E-state index contributed by atoms with van der Waals surface area (Å²) in [6.07, 6.45) is 4.18. The number of rotatable bonds is 5. The second kappa shape index (κ2) is 4.59. The normalized spacial score (nSPS) is 19.4. The van der Waals surface area contributed by atoms with Gasteiger partial charge in [0.05, 0.1) is 16.4 Å². The standard InChI is InChI=1S/C12H21ClN4/c1-4-8-11(13)9(17(3)16-8)7-10(15-14)12(2)5-6-12/h10,15H,4-7,14H2,1-3H3. The van der Waals surface area contributed by atoms with Gasteiger partial charge in [0.1, 0.15) is 0 Å². The Bertz CT molecular complexity index is 409. The summed E-state index contributed by atoms with van der Waals surface area (Å²) in [6, 6.07) is 0.278. The third-order valence-corrected chi connectivity index (χ3v) is 4.42. The van der Waals surface area contributed by atoms with Gasteiger partial charge in [-0.3, -0.25) is 16.0 Å². The van der Waals surface area contributed by atoms with E-state index >= 15 is 0 Å². The second-order valence-corrected chi connectivity index (χ2v) is 5.64. The van der Waals surface area contributed by atoms with Crippen molar-refractivity contribution in [2.45, 2.75) is 45.6 Å². The van der Waals surface area contributed by atoms with Crippen molar-refractivity contribution < 1.29 is 0 Å². The van der Waals surface area contributed by atoms with Crippen LogP contribution in [0.5, 0.6) is 0 Å². The molecule has 0 aromatic carbocycles. The molecule has 1 aromatic rings. The maximum absolute atomic E-state index is 6.35. The summed E-state index contributed by atoms with van der Waals surface area (Å²) in [4.78, 5) is 0.